The minimum Gasteiger partial charge on any atom is -0.361 e. The Kier molecular flexibility index (Phi) is 7.27. The summed E-state index contributed by atoms with van der Waals surface area (Å²) in [6.07, 6.45) is 4.25. The second-order valence-electron chi connectivity index (χ2n) is 7.41. The first-order valence-electron chi connectivity index (χ1n) is 10.4. The fraction of sp³-hybridized carbons (Fsp3) is 0.0769. The molecule has 0 radical (unpaired) electrons. The van der Waals surface area contributed by atoms with Crippen molar-refractivity contribution in [2.45, 2.75) is 6.42 Å². The lowest BCUT2D eigenvalue weighted by atomic mass is 10.1. The first-order chi connectivity index (χ1) is 16.0. The molecule has 0 spiro atoms. The van der Waals surface area contributed by atoms with Crippen LogP contribution in [0.25, 0.3) is 17.0 Å². The molecular formula is C26H21BrClN3O2. The largest absolute Gasteiger partial charge is 0.361 e. The van der Waals surface area contributed by atoms with E-state index in [-0.39, 0.29) is 11.6 Å². The van der Waals surface area contributed by atoms with Crippen LogP contribution in [-0.4, -0.2) is 23.3 Å². The van der Waals surface area contributed by atoms with Crippen LogP contribution in [0.4, 0.5) is 0 Å². The molecule has 0 saturated heterocycles. The van der Waals surface area contributed by atoms with Gasteiger partial charge in [0.15, 0.2) is 0 Å². The van der Waals surface area contributed by atoms with Gasteiger partial charge in [-0.1, -0.05) is 70.0 Å². The van der Waals surface area contributed by atoms with Gasteiger partial charge < -0.3 is 15.6 Å². The van der Waals surface area contributed by atoms with Crippen molar-refractivity contribution in [2.24, 2.45) is 0 Å². The molecule has 0 saturated carbocycles. The number of para-hydroxylation sites is 1. The lowest BCUT2D eigenvalue weighted by molar-refractivity contribution is -0.117. The van der Waals surface area contributed by atoms with Gasteiger partial charge in [-0.25, -0.2) is 0 Å². The summed E-state index contributed by atoms with van der Waals surface area (Å²) >= 11 is 9.56. The normalized spacial score (nSPS) is 11.4. The van der Waals surface area contributed by atoms with Crippen molar-refractivity contribution >= 4 is 56.3 Å². The van der Waals surface area contributed by atoms with Crippen LogP contribution in [0.2, 0.25) is 5.02 Å². The highest BCUT2D eigenvalue weighted by Gasteiger charge is 2.16. The second-order valence-corrected chi connectivity index (χ2v) is 8.73. The van der Waals surface area contributed by atoms with Gasteiger partial charge in [0.05, 0.1) is 10.6 Å². The van der Waals surface area contributed by atoms with Gasteiger partial charge in [-0.05, 0) is 54.0 Å². The maximum atomic E-state index is 13.0. The van der Waals surface area contributed by atoms with E-state index >= 15 is 0 Å². The van der Waals surface area contributed by atoms with Gasteiger partial charge in [-0.15, -0.1) is 0 Å². The molecule has 4 rings (SSSR count). The Balaban J connectivity index is 1.50. The first-order valence-corrected chi connectivity index (χ1v) is 11.5. The molecule has 2 amide bonds. The number of halogens is 2. The number of rotatable bonds is 7. The third-order valence-electron chi connectivity index (χ3n) is 5.15. The highest BCUT2D eigenvalue weighted by Crippen LogP contribution is 2.18. The van der Waals surface area contributed by atoms with Crippen molar-refractivity contribution in [1.82, 2.24) is 15.6 Å². The molecule has 33 heavy (non-hydrogen) atoms. The average molecular weight is 523 g/mol. The van der Waals surface area contributed by atoms with Gasteiger partial charge in [0.25, 0.3) is 11.8 Å². The maximum Gasteiger partial charge on any atom is 0.267 e. The van der Waals surface area contributed by atoms with Gasteiger partial charge in [0.1, 0.15) is 5.70 Å². The number of amides is 2. The third-order valence-corrected chi connectivity index (χ3v) is 6.01. The van der Waals surface area contributed by atoms with Crippen molar-refractivity contribution in [3.8, 4) is 0 Å². The van der Waals surface area contributed by atoms with Crippen LogP contribution in [0.3, 0.4) is 0 Å². The van der Waals surface area contributed by atoms with Gasteiger partial charge >= 0.3 is 0 Å². The number of carbonyl (C=O) groups is 2. The third kappa shape index (κ3) is 5.72. The Morgan fingerprint density at radius 3 is 2.48 bits per heavy atom. The topological polar surface area (TPSA) is 74.0 Å². The van der Waals surface area contributed by atoms with E-state index in [9.17, 15) is 9.59 Å². The molecule has 0 fully saturated rings. The molecule has 3 aromatic carbocycles. The predicted octanol–water partition coefficient (Wildman–Crippen LogP) is 5.71. The van der Waals surface area contributed by atoms with Crippen LogP contribution in [0.5, 0.6) is 0 Å². The van der Waals surface area contributed by atoms with E-state index in [0.717, 1.165) is 26.5 Å². The molecule has 5 nitrogen and oxygen atoms in total. The number of hydrogen-bond acceptors (Lipinski definition) is 2. The van der Waals surface area contributed by atoms with E-state index in [1.54, 1.807) is 30.3 Å². The van der Waals surface area contributed by atoms with Gasteiger partial charge in [-0.3, -0.25) is 9.59 Å². The number of carbonyl (C=O) groups excluding carboxylic acids is 2. The van der Waals surface area contributed by atoms with Crippen LogP contribution in [-0.2, 0) is 11.2 Å². The van der Waals surface area contributed by atoms with E-state index in [1.807, 2.05) is 54.7 Å². The zero-order valence-corrected chi connectivity index (χ0v) is 19.9. The minimum absolute atomic E-state index is 0.140. The highest BCUT2D eigenvalue weighted by atomic mass is 79.9. The molecule has 1 heterocycles. The molecular weight excluding hydrogens is 502 g/mol. The second kappa shape index (κ2) is 10.5. The van der Waals surface area contributed by atoms with E-state index in [1.165, 1.54) is 0 Å². The number of nitrogens with one attached hydrogen (secondary N) is 3. The number of H-pyrrole nitrogens is 1. The van der Waals surface area contributed by atoms with Crippen LogP contribution in [0.1, 0.15) is 21.5 Å². The molecule has 0 bridgehead atoms. The summed E-state index contributed by atoms with van der Waals surface area (Å²) in [5, 5.41) is 7.08. The molecule has 0 aliphatic rings. The zero-order valence-electron chi connectivity index (χ0n) is 17.6. The lowest BCUT2D eigenvalue weighted by Gasteiger charge is -2.12. The summed E-state index contributed by atoms with van der Waals surface area (Å²) < 4.78 is 0.921. The number of aromatic amines is 1. The average Bonchev–Trinajstić information content (AvgIpc) is 3.23. The molecule has 7 heteroatoms. The van der Waals surface area contributed by atoms with Crippen molar-refractivity contribution in [1.29, 1.82) is 0 Å². The van der Waals surface area contributed by atoms with Crippen LogP contribution < -0.4 is 10.6 Å². The molecule has 4 aromatic rings. The fourth-order valence-electron chi connectivity index (χ4n) is 3.46. The Bertz CT molecular complexity index is 1330. The highest BCUT2D eigenvalue weighted by molar-refractivity contribution is 9.10. The SMILES string of the molecule is O=C(NCCc1c[nH]c2ccccc12)C(=Cc1ccc(Br)cc1)NC(=O)c1ccccc1Cl. The van der Waals surface area contributed by atoms with Crippen LogP contribution in [0.15, 0.2) is 89.2 Å². The maximum absolute atomic E-state index is 13.0. The van der Waals surface area contributed by atoms with Gasteiger partial charge in [0.2, 0.25) is 0 Å². The Hall–Kier alpha value is -3.35. The number of fused-ring (bicyclic) bond motifs is 1. The minimum atomic E-state index is -0.448. The van der Waals surface area contributed by atoms with Crippen molar-refractivity contribution < 1.29 is 9.59 Å². The zero-order chi connectivity index (χ0) is 23.2. The molecule has 166 valence electrons. The molecule has 0 unspecified atom stereocenters. The van der Waals surface area contributed by atoms with Crippen LogP contribution in [0, 0.1) is 0 Å². The molecule has 0 aliphatic heterocycles. The molecule has 3 N–H and O–H groups in total. The number of benzene rings is 3. The van der Waals surface area contributed by atoms with E-state index in [2.05, 4.69) is 31.5 Å². The predicted molar refractivity (Wildman–Crippen MR) is 136 cm³/mol. The van der Waals surface area contributed by atoms with E-state index in [0.29, 0.717) is 23.6 Å². The lowest BCUT2D eigenvalue weighted by Crippen LogP contribution is -2.35. The van der Waals surface area contributed by atoms with Gasteiger partial charge in [0, 0.05) is 28.1 Å². The summed E-state index contributed by atoms with van der Waals surface area (Å²) in [6, 6.07) is 22.2. The Morgan fingerprint density at radius 1 is 0.970 bits per heavy atom. The number of aromatic nitrogens is 1. The summed E-state index contributed by atoms with van der Waals surface area (Å²) in [7, 11) is 0. The van der Waals surface area contributed by atoms with Crippen molar-refractivity contribution in [3.63, 3.8) is 0 Å². The quantitative estimate of drug-likeness (QED) is 0.272. The van der Waals surface area contributed by atoms with E-state index < -0.39 is 5.91 Å². The molecule has 0 aliphatic carbocycles. The van der Waals surface area contributed by atoms with Crippen molar-refractivity contribution in [2.75, 3.05) is 6.54 Å². The molecule has 1 aromatic heterocycles. The van der Waals surface area contributed by atoms with E-state index in [4.69, 9.17) is 11.6 Å². The summed E-state index contributed by atoms with van der Waals surface area (Å²) in [5.41, 5.74) is 3.39. The smallest absolute Gasteiger partial charge is 0.267 e. The van der Waals surface area contributed by atoms with Crippen LogP contribution >= 0.6 is 27.5 Å². The number of hydrogen-bond donors (Lipinski definition) is 3. The Labute approximate surface area is 205 Å². The first kappa shape index (κ1) is 22.8. The summed E-state index contributed by atoms with van der Waals surface area (Å²) in [4.78, 5) is 29.1. The Morgan fingerprint density at radius 2 is 1.70 bits per heavy atom. The van der Waals surface area contributed by atoms with Gasteiger partial charge in [-0.2, -0.15) is 0 Å². The standard InChI is InChI=1S/C26H21BrClN3O2/c27-19-11-9-17(10-12-19)15-24(31-25(32)21-6-1-3-7-22(21)28)26(33)29-14-13-18-16-30-23-8-4-2-5-20(18)23/h1-12,15-16,30H,13-14H2,(H,29,33)(H,31,32). The fourth-order valence-corrected chi connectivity index (χ4v) is 3.95. The summed E-state index contributed by atoms with van der Waals surface area (Å²) in [6.45, 7) is 0.417. The van der Waals surface area contributed by atoms with Crippen molar-refractivity contribution in [3.05, 3.63) is 111 Å². The monoisotopic (exact) mass is 521 g/mol. The summed E-state index contributed by atoms with van der Waals surface area (Å²) in [5.74, 6) is -0.825. The molecule has 0 atom stereocenters.